The summed E-state index contributed by atoms with van der Waals surface area (Å²) >= 11 is 1.45. The molecule has 1 N–H and O–H groups in total. The summed E-state index contributed by atoms with van der Waals surface area (Å²) < 4.78 is 0. The van der Waals surface area contributed by atoms with Crippen LogP contribution in [0.25, 0.3) is 11.0 Å². The van der Waals surface area contributed by atoms with Crippen LogP contribution in [0.2, 0.25) is 0 Å². The molecule has 0 radical (unpaired) electrons. The molecule has 0 unspecified atom stereocenters. The van der Waals surface area contributed by atoms with Crippen molar-refractivity contribution in [3.05, 3.63) is 40.6 Å². The van der Waals surface area contributed by atoms with Crippen molar-refractivity contribution in [2.75, 3.05) is 13.1 Å². The molecule has 1 atom stereocenters. The van der Waals surface area contributed by atoms with Crippen LogP contribution in [-0.4, -0.2) is 44.1 Å². The molecule has 1 aliphatic heterocycles. The first-order chi connectivity index (χ1) is 10.8. The fourth-order valence-corrected chi connectivity index (χ4v) is 3.48. The van der Waals surface area contributed by atoms with Crippen molar-refractivity contribution in [1.82, 2.24) is 25.1 Å². The molecule has 0 aliphatic carbocycles. The fourth-order valence-electron chi connectivity index (χ4n) is 2.95. The van der Waals surface area contributed by atoms with E-state index in [0.29, 0.717) is 12.2 Å². The molecular weight excluding hydrogens is 298 g/mol. The summed E-state index contributed by atoms with van der Waals surface area (Å²) in [4.78, 5) is 23.1. The van der Waals surface area contributed by atoms with Gasteiger partial charge in [-0.15, -0.1) is 11.3 Å². The number of rotatable bonds is 2. The van der Waals surface area contributed by atoms with Crippen molar-refractivity contribution in [3.63, 3.8) is 0 Å². The molecule has 1 fully saturated rings. The third kappa shape index (κ3) is 2.37. The SMILES string of the molecule is O=C(c1cscn1)N1CCC[C@H](c2ccc3cn[nH]c3n2)C1. The first-order valence-corrected chi connectivity index (χ1v) is 8.23. The van der Waals surface area contributed by atoms with E-state index < -0.39 is 0 Å². The highest BCUT2D eigenvalue weighted by Crippen LogP contribution is 2.27. The quantitative estimate of drug-likeness (QED) is 0.788. The van der Waals surface area contributed by atoms with Gasteiger partial charge in [0.25, 0.3) is 5.91 Å². The summed E-state index contributed by atoms with van der Waals surface area (Å²) in [7, 11) is 0. The van der Waals surface area contributed by atoms with Gasteiger partial charge in [0.15, 0.2) is 5.65 Å². The van der Waals surface area contributed by atoms with Crippen molar-refractivity contribution in [2.24, 2.45) is 0 Å². The molecule has 1 saturated heterocycles. The van der Waals surface area contributed by atoms with Crippen molar-refractivity contribution in [3.8, 4) is 0 Å². The van der Waals surface area contributed by atoms with Crippen molar-refractivity contribution in [2.45, 2.75) is 18.8 Å². The third-order valence-corrected chi connectivity index (χ3v) is 4.69. The normalized spacial score (nSPS) is 18.7. The number of piperidine rings is 1. The largest absolute Gasteiger partial charge is 0.337 e. The predicted octanol–water partition coefficient (Wildman–Crippen LogP) is 2.43. The van der Waals surface area contributed by atoms with Crippen LogP contribution in [0.5, 0.6) is 0 Å². The molecule has 1 aliphatic rings. The van der Waals surface area contributed by atoms with E-state index in [1.54, 1.807) is 17.1 Å². The van der Waals surface area contributed by atoms with E-state index in [2.05, 4.69) is 20.2 Å². The first-order valence-electron chi connectivity index (χ1n) is 7.29. The van der Waals surface area contributed by atoms with Gasteiger partial charge < -0.3 is 4.90 Å². The van der Waals surface area contributed by atoms with Gasteiger partial charge in [-0.05, 0) is 25.0 Å². The van der Waals surface area contributed by atoms with E-state index in [1.807, 2.05) is 17.0 Å². The summed E-state index contributed by atoms with van der Waals surface area (Å²) in [5.41, 5.74) is 4.07. The predicted molar refractivity (Wildman–Crippen MR) is 83.9 cm³/mol. The second kappa shape index (κ2) is 5.49. The smallest absolute Gasteiger partial charge is 0.273 e. The Morgan fingerprint density at radius 3 is 3.23 bits per heavy atom. The molecule has 22 heavy (non-hydrogen) atoms. The lowest BCUT2D eigenvalue weighted by molar-refractivity contribution is 0.0701. The second-order valence-corrected chi connectivity index (χ2v) is 6.23. The number of thiazole rings is 1. The number of nitrogens with one attached hydrogen (secondary N) is 1. The maximum atomic E-state index is 12.4. The Hall–Kier alpha value is -2.28. The van der Waals surface area contributed by atoms with E-state index in [4.69, 9.17) is 0 Å². The van der Waals surface area contributed by atoms with E-state index in [9.17, 15) is 4.79 Å². The van der Waals surface area contributed by atoms with Crippen LogP contribution in [0.3, 0.4) is 0 Å². The van der Waals surface area contributed by atoms with Gasteiger partial charge in [-0.3, -0.25) is 9.89 Å². The van der Waals surface area contributed by atoms with Crippen LogP contribution in [0.15, 0.2) is 29.2 Å². The van der Waals surface area contributed by atoms with E-state index >= 15 is 0 Å². The zero-order valence-corrected chi connectivity index (χ0v) is 12.7. The molecule has 4 rings (SSSR count). The maximum Gasteiger partial charge on any atom is 0.273 e. The Labute approximate surface area is 131 Å². The summed E-state index contributed by atoms with van der Waals surface area (Å²) in [6.45, 7) is 1.49. The second-order valence-electron chi connectivity index (χ2n) is 5.51. The number of pyridine rings is 1. The number of aromatic nitrogens is 4. The molecular formula is C15H15N5OS. The number of hydrogen-bond donors (Lipinski definition) is 1. The van der Waals surface area contributed by atoms with Gasteiger partial charge in [0, 0.05) is 35.5 Å². The van der Waals surface area contributed by atoms with Crippen LogP contribution in [-0.2, 0) is 0 Å². The number of amides is 1. The van der Waals surface area contributed by atoms with Gasteiger partial charge in [0.2, 0.25) is 0 Å². The number of fused-ring (bicyclic) bond motifs is 1. The summed E-state index contributed by atoms with van der Waals surface area (Å²) in [5, 5.41) is 9.73. The molecule has 6 nitrogen and oxygen atoms in total. The molecule has 0 saturated carbocycles. The van der Waals surface area contributed by atoms with Crippen LogP contribution in [0.1, 0.15) is 34.9 Å². The number of H-pyrrole nitrogens is 1. The molecule has 0 aromatic carbocycles. The zero-order chi connectivity index (χ0) is 14.9. The zero-order valence-electron chi connectivity index (χ0n) is 11.9. The monoisotopic (exact) mass is 313 g/mol. The molecule has 1 amide bonds. The number of aromatic amines is 1. The highest BCUT2D eigenvalue weighted by molar-refractivity contribution is 7.07. The lowest BCUT2D eigenvalue weighted by Crippen LogP contribution is -2.39. The molecule has 4 heterocycles. The lowest BCUT2D eigenvalue weighted by atomic mass is 9.94. The summed E-state index contributed by atoms with van der Waals surface area (Å²) in [5.74, 6) is 0.289. The number of likely N-dealkylation sites (tertiary alicyclic amines) is 1. The Morgan fingerprint density at radius 2 is 2.36 bits per heavy atom. The van der Waals surface area contributed by atoms with Crippen LogP contribution < -0.4 is 0 Å². The molecule has 0 bridgehead atoms. The standard InChI is InChI=1S/C15H15N5OS/c21-15(13-8-22-9-16-13)20-5-1-2-11(7-20)12-4-3-10-6-17-19-14(10)18-12/h3-4,6,8-9,11H,1-2,5,7H2,(H,17,18,19)/t11-/m0/s1. The third-order valence-electron chi connectivity index (χ3n) is 4.10. The number of hydrogen-bond acceptors (Lipinski definition) is 5. The van der Waals surface area contributed by atoms with Gasteiger partial charge in [0.1, 0.15) is 5.69 Å². The molecule has 112 valence electrons. The van der Waals surface area contributed by atoms with Crippen LogP contribution in [0, 0.1) is 0 Å². The van der Waals surface area contributed by atoms with Crippen molar-refractivity contribution < 1.29 is 4.79 Å². The average molecular weight is 313 g/mol. The highest BCUT2D eigenvalue weighted by Gasteiger charge is 2.27. The minimum absolute atomic E-state index is 0.0218. The number of carbonyl (C=O) groups excluding carboxylic acids is 1. The summed E-state index contributed by atoms with van der Waals surface area (Å²) in [6, 6.07) is 4.07. The Bertz CT molecular complexity index is 797. The minimum atomic E-state index is 0.0218. The van der Waals surface area contributed by atoms with Gasteiger partial charge in [-0.2, -0.15) is 5.10 Å². The van der Waals surface area contributed by atoms with E-state index in [-0.39, 0.29) is 11.8 Å². The van der Waals surface area contributed by atoms with Crippen molar-refractivity contribution in [1.29, 1.82) is 0 Å². The topological polar surface area (TPSA) is 74.8 Å². The van der Waals surface area contributed by atoms with E-state index in [1.165, 1.54) is 11.3 Å². The number of carbonyl (C=O) groups is 1. The maximum absolute atomic E-state index is 12.4. The Morgan fingerprint density at radius 1 is 1.41 bits per heavy atom. The lowest BCUT2D eigenvalue weighted by Gasteiger charge is -2.32. The number of nitrogens with zero attached hydrogens (tertiary/aromatic N) is 4. The molecule has 0 spiro atoms. The highest BCUT2D eigenvalue weighted by atomic mass is 32.1. The van der Waals surface area contributed by atoms with Gasteiger partial charge in [-0.1, -0.05) is 0 Å². The molecule has 3 aromatic heterocycles. The molecule has 3 aromatic rings. The molecule has 7 heteroatoms. The van der Waals surface area contributed by atoms with Gasteiger partial charge in [0.05, 0.1) is 11.7 Å². The van der Waals surface area contributed by atoms with E-state index in [0.717, 1.165) is 36.1 Å². The average Bonchev–Trinajstić information content (AvgIpc) is 3.25. The van der Waals surface area contributed by atoms with Crippen molar-refractivity contribution >= 4 is 28.3 Å². The summed E-state index contributed by atoms with van der Waals surface area (Å²) in [6.07, 6.45) is 3.81. The Kier molecular flexibility index (Phi) is 3.34. The fraction of sp³-hybridized carbons (Fsp3) is 0.333. The minimum Gasteiger partial charge on any atom is -0.337 e. The van der Waals surface area contributed by atoms with Crippen LogP contribution in [0.4, 0.5) is 0 Å². The van der Waals surface area contributed by atoms with Crippen LogP contribution >= 0.6 is 11.3 Å². The van der Waals surface area contributed by atoms with Gasteiger partial charge in [-0.25, -0.2) is 9.97 Å². The van der Waals surface area contributed by atoms with Gasteiger partial charge >= 0.3 is 0 Å². The Balaban J connectivity index is 1.56. The first kappa shape index (κ1) is 13.4.